The molecule has 3 rings (SSSR count). The quantitative estimate of drug-likeness (QED) is 0.343. The number of hydrogen-bond donors (Lipinski definition) is 0. The van der Waals surface area contributed by atoms with Gasteiger partial charge in [-0.2, -0.15) is 0 Å². The van der Waals surface area contributed by atoms with Crippen LogP contribution in [0.1, 0.15) is 34.2 Å². The summed E-state index contributed by atoms with van der Waals surface area (Å²) >= 11 is 15.3. The molecule has 0 aliphatic carbocycles. The minimum atomic E-state index is 0.450. The number of nitrogens with zero attached hydrogens (tertiary/aromatic N) is 3. The second-order valence-electron chi connectivity index (χ2n) is 6.11. The van der Waals surface area contributed by atoms with E-state index >= 15 is 0 Å². The molecule has 28 heavy (non-hydrogen) atoms. The lowest BCUT2D eigenvalue weighted by Crippen LogP contribution is -1.96. The lowest BCUT2D eigenvalue weighted by molar-refractivity contribution is 1.07. The lowest BCUT2D eigenvalue weighted by atomic mass is 10.3. The van der Waals surface area contributed by atoms with Crippen molar-refractivity contribution in [2.24, 2.45) is 0 Å². The second kappa shape index (κ2) is 11.7. The second-order valence-corrected chi connectivity index (χ2v) is 8.62. The van der Waals surface area contributed by atoms with Crippen LogP contribution in [0.2, 0.25) is 0 Å². The van der Waals surface area contributed by atoms with E-state index in [9.17, 15) is 0 Å². The van der Waals surface area contributed by atoms with Gasteiger partial charge < -0.3 is 0 Å². The van der Waals surface area contributed by atoms with Crippen molar-refractivity contribution in [3.8, 4) is 0 Å². The Morgan fingerprint density at radius 3 is 1.11 bits per heavy atom. The molecule has 0 aromatic carbocycles. The number of thioether (sulfide) groups is 2. The molecule has 0 aliphatic rings. The van der Waals surface area contributed by atoms with Gasteiger partial charge in [0.1, 0.15) is 0 Å². The molecule has 3 nitrogen and oxygen atoms in total. The number of alkyl halides is 2. The molecule has 146 valence electrons. The fourth-order valence-corrected chi connectivity index (χ4v) is 4.56. The highest BCUT2D eigenvalue weighted by molar-refractivity contribution is 7.98. The zero-order valence-corrected chi connectivity index (χ0v) is 18.5. The molecule has 0 N–H and O–H groups in total. The van der Waals surface area contributed by atoms with Crippen LogP contribution in [-0.2, 0) is 34.8 Å². The molecule has 3 aromatic heterocycles. The van der Waals surface area contributed by atoms with Crippen LogP contribution in [0.5, 0.6) is 0 Å². The normalized spacial score (nSPS) is 10.9. The van der Waals surface area contributed by atoms with Crippen molar-refractivity contribution in [3.63, 3.8) is 0 Å². The molecule has 0 saturated heterocycles. The fourth-order valence-electron chi connectivity index (χ4n) is 2.58. The first-order valence-corrected chi connectivity index (χ1v) is 12.3. The number of halogens is 2. The standard InChI is InChI=1S/C21H21Cl2N3S2/c22-10-16-4-1-6-18(24-16)12-27-14-20-8-3-9-21(26-20)15-28-13-19-7-2-5-17(11-23)25-19/h1-9H,10-15H2. The van der Waals surface area contributed by atoms with E-state index < -0.39 is 0 Å². The van der Waals surface area contributed by atoms with Crippen LogP contribution in [0.25, 0.3) is 0 Å². The number of hydrogen-bond acceptors (Lipinski definition) is 5. The van der Waals surface area contributed by atoms with E-state index in [1.54, 1.807) is 0 Å². The van der Waals surface area contributed by atoms with Gasteiger partial charge in [0, 0.05) is 23.0 Å². The van der Waals surface area contributed by atoms with Gasteiger partial charge in [-0.25, -0.2) is 0 Å². The van der Waals surface area contributed by atoms with Crippen molar-refractivity contribution in [1.82, 2.24) is 15.0 Å². The van der Waals surface area contributed by atoms with Gasteiger partial charge in [-0.3, -0.25) is 15.0 Å². The van der Waals surface area contributed by atoms with Crippen LogP contribution in [0.15, 0.2) is 54.6 Å². The Bertz CT molecular complexity index is 824. The van der Waals surface area contributed by atoms with Crippen molar-refractivity contribution in [2.75, 3.05) is 0 Å². The summed E-state index contributed by atoms with van der Waals surface area (Å²) in [5.41, 5.74) is 6.15. The average molecular weight is 450 g/mol. The van der Waals surface area contributed by atoms with Gasteiger partial charge in [0.25, 0.3) is 0 Å². The summed E-state index contributed by atoms with van der Waals surface area (Å²) in [4.78, 5) is 13.8. The van der Waals surface area contributed by atoms with Crippen LogP contribution in [-0.4, -0.2) is 15.0 Å². The molecule has 0 radical (unpaired) electrons. The Morgan fingerprint density at radius 2 is 0.786 bits per heavy atom. The molecule has 7 heteroatoms. The van der Waals surface area contributed by atoms with Crippen molar-refractivity contribution in [1.29, 1.82) is 0 Å². The Balaban J connectivity index is 1.46. The van der Waals surface area contributed by atoms with Crippen molar-refractivity contribution < 1.29 is 0 Å². The molecule has 0 atom stereocenters. The zero-order chi connectivity index (χ0) is 19.6. The maximum Gasteiger partial charge on any atom is 0.0647 e. The van der Waals surface area contributed by atoms with Crippen LogP contribution in [0.4, 0.5) is 0 Å². The molecule has 0 fully saturated rings. The van der Waals surface area contributed by atoms with Gasteiger partial charge >= 0.3 is 0 Å². The van der Waals surface area contributed by atoms with Crippen molar-refractivity contribution >= 4 is 46.7 Å². The third-order valence-electron chi connectivity index (χ3n) is 3.87. The molecule has 0 bridgehead atoms. The maximum absolute atomic E-state index is 5.85. The summed E-state index contributed by atoms with van der Waals surface area (Å²) in [5, 5.41) is 0. The van der Waals surface area contributed by atoms with Crippen molar-refractivity contribution in [2.45, 2.75) is 34.8 Å². The minimum absolute atomic E-state index is 0.450. The molecule has 0 spiro atoms. The highest BCUT2D eigenvalue weighted by Crippen LogP contribution is 2.19. The molecule has 0 unspecified atom stereocenters. The predicted octanol–water partition coefficient (Wildman–Crippen LogP) is 6.22. The number of aromatic nitrogens is 3. The first kappa shape index (κ1) is 21.4. The van der Waals surface area contributed by atoms with Crippen molar-refractivity contribution in [3.05, 3.63) is 88.8 Å². The van der Waals surface area contributed by atoms with E-state index in [0.717, 1.165) is 57.2 Å². The largest absolute Gasteiger partial charge is 0.256 e. The monoisotopic (exact) mass is 449 g/mol. The molecule has 0 saturated carbocycles. The molecular formula is C21H21Cl2N3S2. The summed E-state index contributed by atoms with van der Waals surface area (Å²) < 4.78 is 0. The van der Waals surface area contributed by atoms with E-state index in [-0.39, 0.29) is 0 Å². The van der Waals surface area contributed by atoms with Gasteiger partial charge in [-0.1, -0.05) is 18.2 Å². The van der Waals surface area contributed by atoms with Gasteiger partial charge in [0.15, 0.2) is 0 Å². The van der Waals surface area contributed by atoms with Gasteiger partial charge in [0.05, 0.1) is 45.9 Å². The topological polar surface area (TPSA) is 38.7 Å². The van der Waals surface area contributed by atoms with Gasteiger partial charge in [-0.15, -0.1) is 46.7 Å². The summed E-state index contributed by atoms with van der Waals surface area (Å²) in [7, 11) is 0. The molecule has 3 aromatic rings. The third-order valence-corrected chi connectivity index (χ3v) is 6.41. The Hall–Kier alpha value is -1.27. The molecule has 0 amide bonds. The van der Waals surface area contributed by atoms with Crippen LogP contribution in [0.3, 0.4) is 0 Å². The predicted molar refractivity (Wildman–Crippen MR) is 122 cm³/mol. The summed E-state index contributed by atoms with van der Waals surface area (Å²) in [6, 6.07) is 18.2. The fraction of sp³-hybridized carbons (Fsp3) is 0.286. The van der Waals surface area contributed by atoms with Crippen LogP contribution < -0.4 is 0 Å². The SMILES string of the molecule is ClCc1cccc(CSCc2cccc(CSCc3cccc(CCl)n3)n2)n1. The molecular weight excluding hydrogens is 429 g/mol. The summed E-state index contributed by atoms with van der Waals surface area (Å²) in [6.45, 7) is 0. The minimum Gasteiger partial charge on any atom is -0.256 e. The van der Waals surface area contributed by atoms with Crippen LogP contribution >= 0.6 is 46.7 Å². The number of pyridine rings is 3. The van der Waals surface area contributed by atoms with Crippen LogP contribution in [0, 0.1) is 0 Å². The molecule has 0 aliphatic heterocycles. The highest BCUT2D eigenvalue weighted by Gasteiger charge is 2.03. The van der Waals surface area contributed by atoms with E-state index in [0.29, 0.717) is 11.8 Å². The third kappa shape index (κ3) is 6.96. The first-order valence-electron chi connectivity index (χ1n) is 8.88. The van der Waals surface area contributed by atoms with E-state index in [2.05, 4.69) is 28.2 Å². The highest BCUT2D eigenvalue weighted by atomic mass is 35.5. The Morgan fingerprint density at radius 1 is 0.500 bits per heavy atom. The Kier molecular flexibility index (Phi) is 8.93. The Labute approximate surface area is 184 Å². The van der Waals surface area contributed by atoms with E-state index in [1.807, 2.05) is 59.9 Å². The van der Waals surface area contributed by atoms with E-state index in [4.69, 9.17) is 28.2 Å². The smallest absolute Gasteiger partial charge is 0.0647 e. The van der Waals surface area contributed by atoms with Gasteiger partial charge in [-0.05, 0) is 36.4 Å². The van der Waals surface area contributed by atoms with E-state index in [1.165, 1.54) is 0 Å². The maximum atomic E-state index is 5.85. The average Bonchev–Trinajstić information content (AvgIpc) is 2.74. The lowest BCUT2D eigenvalue weighted by Gasteiger charge is -2.06. The molecule has 3 heterocycles. The zero-order valence-electron chi connectivity index (χ0n) is 15.4. The summed E-state index contributed by atoms with van der Waals surface area (Å²) in [5.74, 6) is 4.34. The van der Waals surface area contributed by atoms with Gasteiger partial charge in [0.2, 0.25) is 0 Å². The first-order chi connectivity index (χ1) is 13.8. The number of rotatable bonds is 10. The summed E-state index contributed by atoms with van der Waals surface area (Å²) in [6.07, 6.45) is 0.